The molecular weight excluding hydrogens is 356 g/mol. The van der Waals surface area contributed by atoms with Gasteiger partial charge in [0.15, 0.2) is 0 Å². The number of nitrogens with zero attached hydrogens (tertiary/aromatic N) is 2. The molecule has 134 valence electrons. The van der Waals surface area contributed by atoms with Gasteiger partial charge in [0.25, 0.3) is 5.91 Å². The number of para-hydroxylation sites is 1. The van der Waals surface area contributed by atoms with Crippen molar-refractivity contribution in [3.05, 3.63) is 64.5 Å². The number of hydrogen-bond acceptors (Lipinski definition) is 7. The van der Waals surface area contributed by atoms with Crippen molar-refractivity contribution in [1.29, 1.82) is 0 Å². The van der Waals surface area contributed by atoms with E-state index in [-0.39, 0.29) is 30.0 Å². The SMILES string of the molecule is O=C(COCc1nnc(C(=O)Nc2ccccc2)s1)NCc1ccco1. The second-order valence-electron chi connectivity index (χ2n) is 5.17. The minimum absolute atomic E-state index is 0.102. The third-order valence-electron chi connectivity index (χ3n) is 3.19. The number of carbonyl (C=O) groups is 2. The standard InChI is InChI=1S/C17H16N4O4S/c22-14(18-9-13-7-4-8-25-13)10-24-11-15-20-21-17(26-15)16(23)19-12-5-2-1-3-6-12/h1-8H,9-11H2,(H,18,22)(H,19,23). The van der Waals surface area contributed by atoms with Crippen LogP contribution in [0, 0.1) is 0 Å². The number of furan rings is 1. The van der Waals surface area contributed by atoms with Crippen LogP contribution in [0.3, 0.4) is 0 Å². The smallest absolute Gasteiger partial charge is 0.286 e. The highest BCUT2D eigenvalue weighted by molar-refractivity contribution is 7.13. The van der Waals surface area contributed by atoms with Crippen LogP contribution in [0.2, 0.25) is 0 Å². The first kappa shape index (κ1) is 17.8. The summed E-state index contributed by atoms with van der Waals surface area (Å²) in [5.74, 6) is 0.0562. The highest BCUT2D eigenvalue weighted by Crippen LogP contribution is 2.13. The largest absolute Gasteiger partial charge is 0.467 e. The molecule has 0 fully saturated rings. The van der Waals surface area contributed by atoms with Gasteiger partial charge in [0.2, 0.25) is 10.9 Å². The van der Waals surface area contributed by atoms with E-state index in [0.717, 1.165) is 11.3 Å². The quantitative estimate of drug-likeness (QED) is 0.628. The third-order valence-corrected chi connectivity index (χ3v) is 4.09. The number of amides is 2. The fourth-order valence-electron chi connectivity index (χ4n) is 1.99. The molecule has 0 aliphatic heterocycles. The molecule has 1 aromatic carbocycles. The predicted molar refractivity (Wildman–Crippen MR) is 94.5 cm³/mol. The van der Waals surface area contributed by atoms with Crippen LogP contribution >= 0.6 is 11.3 Å². The Morgan fingerprint density at radius 2 is 1.96 bits per heavy atom. The first-order chi connectivity index (χ1) is 12.7. The van der Waals surface area contributed by atoms with Crippen molar-refractivity contribution in [1.82, 2.24) is 15.5 Å². The van der Waals surface area contributed by atoms with Gasteiger partial charge in [-0.1, -0.05) is 29.5 Å². The lowest BCUT2D eigenvalue weighted by Gasteiger charge is -2.03. The molecule has 2 heterocycles. The van der Waals surface area contributed by atoms with E-state index in [9.17, 15) is 9.59 Å². The van der Waals surface area contributed by atoms with Gasteiger partial charge in [0.05, 0.1) is 12.8 Å². The molecule has 0 radical (unpaired) electrons. The average molecular weight is 372 g/mol. The van der Waals surface area contributed by atoms with Crippen LogP contribution < -0.4 is 10.6 Å². The van der Waals surface area contributed by atoms with Crippen LogP contribution in [-0.4, -0.2) is 28.6 Å². The Morgan fingerprint density at radius 3 is 2.73 bits per heavy atom. The number of rotatable bonds is 8. The maximum Gasteiger partial charge on any atom is 0.286 e. The summed E-state index contributed by atoms with van der Waals surface area (Å²) in [6, 6.07) is 12.6. The summed E-state index contributed by atoms with van der Waals surface area (Å²) >= 11 is 1.12. The van der Waals surface area contributed by atoms with Gasteiger partial charge in [0.1, 0.15) is 24.0 Å². The Bertz CT molecular complexity index is 849. The number of carbonyl (C=O) groups excluding carboxylic acids is 2. The molecule has 3 rings (SSSR count). The lowest BCUT2D eigenvalue weighted by Crippen LogP contribution is -2.26. The Labute approximate surface area is 153 Å². The summed E-state index contributed by atoms with van der Waals surface area (Å²) in [5.41, 5.74) is 0.679. The second kappa shape index (κ2) is 8.88. The molecule has 0 saturated carbocycles. The van der Waals surface area contributed by atoms with Gasteiger partial charge < -0.3 is 19.8 Å². The van der Waals surface area contributed by atoms with Gasteiger partial charge in [-0.15, -0.1) is 10.2 Å². The molecule has 3 aromatic rings. The van der Waals surface area contributed by atoms with E-state index in [0.29, 0.717) is 23.0 Å². The summed E-state index contributed by atoms with van der Waals surface area (Å²) in [5, 5.41) is 13.9. The first-order valence-corrected chi connectivity index (χ1v) is 8.58. The Balaban J connectivity index is 1.40. The zero-order valence-electron chi connectivity index (χ0n) is 13.7. The maximum atomic E-state index is 12.1. The van der Waals surface area contributed by atoms with Gasteiger partial charge in [-0.25, -0.2) is 0 Å². The summed E-state index contributed by atoms with van der Waals surface area (Å²) < 4.78 is 10.4. The molecule has 2 amide bonds. The summed E-state index contributed by atoms with van der Waals surface area (Å²) in [4.78, 5) is 23.8. The van der Waals surface area contributed by atoms with Crippen LogP contribution in [0.15, 0.2) is 53.1 Å². The maximum absolute atomic E-state index is 12.1. The fraction of sp³-hybridized carbons (Fsp3) is 0.176. The van der Waals surface area contributed by atoms with E-state index in [1.165, 1.54) is 0 Å². The Kier molecular flexibility index (Phi) is 6.07. The molecule has 0 bridgehead atoms. The lowest BCUT2D eigenvalue weighted by atomic mass is 10.3. The molecule has 0 spiro atoms. The molecule has 8 nitrogen and oxygen atoms in total. The van der Waals surface area contributed by atoms with Gasteiger partial charge in [0, 0.05) is 5.69 Å². The van der Waals surface area contributed by atoms with Crippen LogP contribution in [0.1, 0.15) is 20.6 Å². The number of nitrogens with one attached hydrogen (secondary N) is 2. The highest BCUT2D eigenvalue weighted by atomic mass is 32.1. The van der Waals surface area contributed by atoms with Gasteiger partial charge in [-0.2, -0.15) is 0 Å². The zero-order valence-corrected chi connectivity index (χ0v) is 14.5. The van der Waals surface area contributed by atoms with Crippen molar-refractivity contribution < 1.29 is 18.7 Å². The summed E-state index contributed by atoms with van der Waals surface area (Å²) in [6.45, 7) is 0.286. The minimum atomic E-state index is -0.337. The van der Waals surface area contributed by atoms with Crippen molar-refractivity contribution in [2.24, 2.45) is 0 Å². The molecule has 9 heteroatoms. The third kappa shape index (κ3) is 5.23. The molecule has 2 N–H and O–H groups in total. The Hall–Kier alpha value is -3.04. The molecule has 2 aromatic heterocycles. The predicted octanol–water partition coefficient (Wildman–Crippen LogP) is 2.22. The van der Waals surface area contributed by atoms with Gasteiger partial charge in [-0.05, 0) is 24.3 Å². The van der Waals surface area contributed by atoms with E-state index in [4.69, 9.17) is 9.15 Å². The summed E-state index contributed by atoms with van der Waals surface area (Å²) in [7, 11) is 0. The molecule has 0 unspecified atom stereocenters. The zero-order chi connectivity index (χ0) is 18.2. The van der Waals surface area contributed by atoms with E-state index < -0.39 is 0 Å². The highest BCUT2D eigenvalue weighted by Gasteiger charge is 2.13. The number of ether oxygens (including phenoxy) is 1. The van der Waals surface area contributed by atoms with E-state index in [1.54, 1.807) is 30.5 Å². The first-order valence-electron chi connectivity index (χ1n) is 7.76. The van der Waals surface area contributed by atoms with Gasteiger partial charge >= 0.3 is 0 Å². The van der Waals surface area contributed by atoms with E-state index >= 15 is 0 Å². The second-order valence-corrected chi connectivity index (χ2v) is 6.23. The van der Waals surface area contributed by atoms with Crippen molar-refractivity contribution >= 4 is 28.8 Å². The van der Waals surface area contributed by atoms with Crippen molar-refractivity contribution in [3.63, 3.8) is 0 Å². The van der Waals surface area contributed by atoms with Crippen molar-refractivity contribution in [2.75, 3.05) is 11.9 Å². The van der Waals surface area contributed by atoms with Crippen LogP contribution in [0.25, 0.3) is 0 Å². The van der Waals surface area contributed by atoms with Crippen molar-refractivity contribution in [2.45, 2.75) is 13.2 Å². The molecular formula is C17H16N4O4S. The van der Waals surface area contributed by atoms with Crippen molar-refractivity contribution in [3.8, 4) is 0 Å². The molecule has 0 saturated heterocycles. The number of benzene rings is 1. The monoisotopic (exact) mass is 372 g/mol. The van der Waals surface area contributed by atoms with Crippen LogP contribution in [0.4, 0.5) is 5.69 Å². The minimum Gasteiger partial charge on any atom is -0.467 e. The topological polar surface area (TPSA) is 106 Å². The van der Waals surface area contributed by atoms with E-state index in [2.05, 4.69) is 20.8 Å². The number of anilines is 1. The van der Waals surface area contributed by atoms with Crippen LogP contribution in [0.5, 0.6) is 0 Å². The number of hydrogen-bond donors (Lipinski definition) is 2. The molecule has 26 heavy (non-hydrogen) atoms. The number of aromatic nitrogens is 2. The summed E-state index contributed by atoms with van der Waals surface area (Å²) in [6.07, 6.45) is 1.54. The molecule has 0 aliphatic rings. The van der Waals surface area contributed by atoms with Crippen LogP contribution in [-0.2, 0) is 22.7 Å². The Morgan fingerprint density at radius 1 is 1.12 bits per heavy atom. The molecule has 0 aliphatic carbocycles. The van der Waals surface area contributed by atoms with Gasteiger partial charge in [-0.3, -0.25) is 9.59 Å². The normalized spacial score (nSPS) is 10.5. The fourth-order valence-corrected chi connectivity index (χ4v) is 2.66. The lowest BCUT2D eigenvalue weighted by molar-refractivity contribution is -0.126. The van der Waals surface area contributed by atoms with E-state index in [1.807, 2.05) is 18.2 Å². The average Bonchev–Trinajstić information content (AvgIpc) is 3.33. The molecule has 0 atom stereocenters.